The van der Waals surface area contributed by atoms with Crippen LogP contribution < -0.4 is 0 Å². The number of rotatable bonds is 8. The van der Waals surface area contributed by atoms with Gasteiger partial charge in [-0.25, -0.2) is 14.4 Å². The number of ether oxygens (including phenoxy) is 2. The minimum atomic E-state index is -0.902. The maximum Gasteiger partial charge on any atom is 0.330 e. The molecule has 0 radical (unpaired) electrons. The molecule has 1 saturated heterocycles. The largest absolute Gasteiger partial charge is 0.478 e. The van der Waals surface area contributed by atoms with Crippen LogP contribution in [0.25, 0.3) is 0 Å². The Morgan fingerprint density at radius 2 is 1.67 bits per heavy atom. The number of epoxide rings is 1. The summed E-state index contributed by atoms with van der Waals surface area (Å²) in [5.74, 6) is -2.16. The van der Waals surface area contributed by atoms with Gasteiger partial charge in [0, 0.05) is 17.2 Å². The van der Waals surface area contributed by atoms with Crippen LogP contribution in [0.3, 0.4) is 0 Å². The molecule has 0 aliphatic carbocycles. The van der Waals surface area contributed by atoms with Crippen molar-refractivity contribution < 1.29 is 34.1 Å². The quantitative estimate of drug-likeness (QED) is 0.396. The molecule has 7 nitrogen and oxygen atoms in total. The summed E-state index contributed by atoms with van der Waals surface area (Å²) < 4.78 is 9.34. The zero-order valence-corrected chi connectivity index (χ0v) is 14.2. The first kappa shape index (κ1) is 23.9. The lowest BCUT2D eigenvalue weighted by Crippen LogP contribution is -1.99. The highest BCUT2D eigenvalue weighted by Crippen LogP contribution is 2.17. The monoisotopic (exact) mass is 342 g/mol. The molecule has 0 bridgehead atoms. The van der Waals surface area contributed by atoms with Crippen molar-refractivity contribution in [1.29, 1.82) is 0 Å². The number of carboxylic acids is 2. The molecule has 1 heterocycles. The summed E-state index contributed by atoms with van der Waals surface area (Å²) in [5.41, 5.74) is 0.538. The van der Waals surface area contributed by atoms with Crippen LogP contribution in [0.15, 0.2) is 37.0 Å². The highest BCUT2D eigenvalue weighted by Gasteiger charge is 2.22. The minimum absolute atomic E-state index is 0.264. The van der Waals surface area contributed by atoms with Crippen molar-refractivity contribution in [2.45, 2.75) is 39.2 Å². The SMILES string of the molecule is C=C(CC)C(=O)O.C=C(CCC1CO1)C(=O)O.C=CC(=O)OCC. The first-order valence-corrected chi connectivity index (χ1v) is 7.42. The number of hydrogen-bond donors (Lipinski definition) is 2. The lowest BCUT2D eigenvalue weighted by atomic mass is 10.1. The van der Waals surface area contributed by atoms with Crippen molar-refractivity contribution in [2.24, 2.45) is 0 Å². The van der Waals surface area contributed by atoms with Crippen LogP contribution in [0.5, 0.6) is 0 Å². The molecule has 1 atom stereocenters. The van der Waals surface area contributed by atoms with Gasteiger partial charge in [-0.15, -0.1) is 0 Å². The molecule has 1 unspecified atom stereocenters. The number of esters is 1. The third kappa shape index (κ3) is 16.0. The number of hydrogen-bond acceptors (Lipinski definition) is 5. The van der Waals surface area contributed by atoms with Crippen molar-refractivity contribution in [3.8, 4) is 0 Å². The van der Waals surface area contributed by atoms with Gasteiger partial charge in [0.25, 0.3) is 0 Å². The molecular formula is C17H26O7. The van der Waals surface area contributed by atoms with Gasteiger partial charge in [-0.05, 0) is 26.2 Å². The minimum Gasteiger partial charge on any atom is -0.478 e. The number of carboxylic acid groups (broad SMARTS) is 2. The van der Waals surface area contributed by atoms with E-state index in [-0.39, 0.29) is 17.1 Å². The van der Waals surface area contributed by atoms with E-state index in [2.05, 4.69) is 24.5 Å². The van der Waals surface area contributed by atoms with E-state index in [0.29, 0.717) is 25.6 Å². The lowest BCUT2D eigenvalue weighted by molar-refractivity contribution is -0.137. The van der Waals surface area contributed by atoms with Gasteiger partial charge in [0.1, 0.15) is 0 Å². The highest BCUT2D eigenvalue weighted by molar-refractivity contribution is 5.86. The van der Waals surface area contributed by atoms with E-state index in [1.54, 1.807) is 13.8 Å². The van der Waals surface area contributed by atoms with Crippen LogP contribution >= 0.6 is 0 Å². The summed E-state index contributed by atoms with van der Waals surface area (Å²) in [5, 5.41) is 16.5. The molecule has 7 heteroatoms. The molecule has 0 amide bonds. The second kappa shape index (κ2) is 14.2. The number of carbonyl (C=O) groups excluding carboxylic acids is 1. The van der Waals surface area contributed by atoms with Crippen LogP contribution in [0.4, 0.5) is 0 Å². The van der Waals surface area contributed by atoms with Crippen molar-refractivity contribution in [3.05, 3.63) is 37.0 Å². The second-order valence-corrected chi connectivity index (χ2v) is 4.62. The van der Waals surface area contributed by atoms with E-state index < -0.39 is 11.9 Å². The van der Waals surface area contributed by atoms with E-state index in [1.807, 2.05) is 0 Å². The fourth-order valence-electron chi connectivity index (χ4n) is 1.03. The number of aliphatic carboxylic acids is 2. The Labute approximate surface area is 142 Å². The van der Waals surface area contributed by atoms with Crippen LogP contribution in [0, 0.1) is 0 Å². The summed E-state index contributed by atoms with van der Waals surface area (Å²) in [7, 11) is 0. The fraction of sp³-hybridized carbons (Fsp3) is 0.471. The molecule has 0 aromatic heterocycles. The summed E-state index contributed by atoms with van der Waals surface area (Å²) in [6.07, 6.45) is 3.31. The van der Waals surface area contributed by atoms with Crippen molar-refractivity contribution in [3.63, 3.8) is 0 Å². The molecule has 1 aliphatic heterocycles. The molecule has 136 valence electrons. The van der Waals surface area contributed by atoms with Crippen molar-refractivity contribution in [1.82, 2.24) is 0 Å². The van der Waals surface area contributed by atoms with Crippen molar-refractivity contribution in [2.75, 3.05) is 13.2 Å². The normalized spacial score (nSPS) is 13.8. The lowest BCUT2D eigenvalue weighted by Gasteiger charge is -1.95. The highest BCUT2D eigenvalue weighted by atomic mass is 16.6. The Morgan fingerprint density at radius 3 is 1.88 bits per heavy atom. The maximum absolute atomic E-state index is 10.2. The van der Waals surface area contributed by atoms with Crippen LogP contribution in [-0.4, -0.2) is 47.4 Å². The van der Waals surface area contributed by atoms with Crippen molar-refractivity contribution >= 4 is 17.9 Å². The Bertz CT molecular complexity index is 460. The molecular weight excluding hydrogens is 316 g/mol. The molecule has 2 N–H and O–H groups in total. The first-order chi connectivity index (χ1) is 11.2. The third-order valence-corrected chi connectivity index (χ3v) is 2.66. The zero-order valence-electron chi connectivity index (χ0n) is 14.2. The summed E-state index contributed by atoms with van der Waals surface area (Å²) in [4.78, 5) is 30.1. The fourth-order valence-corrected chi connectivity index (χ4v) is 1.03. The smallest absolute Gasteiger partial charge is 0.330 e. The summed E-state index contributed by atoms with van der Waals surface area (Å²) >= 11 is 0. The van der Waals surface area contributed by atoms with Crippen LogP contribution in [-0.2, 0) is 23.9 Å². The van der Waals surface area contributed by atoms with Crippen LogP contribution in [0.2, 0.25) is 0 Å². The summed E-state index contributed by atoms with van der Waals surface area (Å²) in [6, 6.07) is 0. The van der Waals surface area contributed by atoms with E-state index >= 15 is 0 Å². The van der Waals surface area contributed by atoms with Gasteiger partial charge >= 0.3 is 17.9 Å². The molecule has 1 aliphatic rings. The third-order valence-electron chi connectivity index (χ3n) is 2.66. The predicted molar refractivity (Wildman–Crippen MR) is 89.6 cm³/mol. The first-order valence-electron chi connectivity index (χ1n) is 7.42. The van der Waals surface area contributed by atoms with E-state index in [0.717, 1.165) is 19.1 Å². The van der Waals surface area contributed by atoms with E-state index in [4.69, 9.17) is 14.9 Å². The Hall–Kier alpha value is -2.41. The standard InChI is InChI=1S/C7H10O3.2C5H8O2/c1-5(7(8)9)2-3-6-4-10-6;1-3-5(6)7-4-2;1-3-4(2)5(6)7/h6H,1-4H2,(H,8,9);3H,1,4H2,2H3;2-3H2,1H3,(H,6,7). The predicted octanol–water partition coefficient (Wildman–Crippen LogP) is 2.58. The zero-order chi connectivity index (χ0) is 19.1. The molecule has 0 aromatic rings. The average Bonchev–Trinajstić information content (AvgIpc) is 3.37. The van der Waals surface area contributed by atoms with Crippen LogP contribution in [0.1, 0.15) is 33.1 Å². The topological polar surface area (TPSA) is 113 Å². The molecule has 0 aromatic carbocycles. The Balaban J connectivity index is 0. The van der Waals surface area contributed by atoms with Gasteiger partial charge in [0.15, 0.2) is 0 Å². The molecule has 1 rings (SSSR count). The molecule has 24 heavy (non-hydrogen) atoms. The van der Waals surface area contributed by atoms with Gasteiger partial charge in [-0.2, -0.15) is 0 Å². The molecule has 0 saturated carbocycles. The van der Waals surface area contributed by atoms with Gasteiger partial charge in [-0.1, -0.05) is 26.7 Å². The average molecular weight is 342 g/mol. The maximum atomic E-state index is 10.2. The Morgan fingerprint density at radius 1 is 1.17 bits per heavy atom. The van der Waals surface area contributed by atoms with Gasteiger partial charge in [0.2, 0.25) is 0 Å². The van der Waals surface area contributed by atoms with Gasteiger partial charge < -0.3 is 19.7 Å². The van der Waals surface area contributed by atoms with E-state index in [9.17, 15) is 14.4 Å². The van der Waals surface area contributed by atoms with Gasteiger partial charge in [-0.3, -0.25) is 0 Å². The Kier molecular flexibility index (Phi) is 14.1. The summed E-state index contributed by atoms with van der Waals surface area (Å²) in [6.45, 7) is 14.6. The second-order valence-electron chi connectivity index (χ2n) is 4.62. The van der Waals surface area contributed by atoms with Gasteiger partial charge in [0.05, 0.1) is 19.3 Å². The van der Waals surface area contributed by atoms with E-state index in [1.165, 1.54) is 0 Å². The number of carbonyl (C=O) groups is 3. The molecule has 1 fully saturated rings. The molecule has 0 spiro atoms.